The van der Waals surface area contributed by atoms with Crippen LogP contribution in [-0.4, -0.2) is 115 Å². The molecule has 0 amide bonds. The summed E-state index contributed by atoms with van der Waals surface area (Å²) >= 11 is 0. The van der Waals surface area contributed by atoms with Crippen LogP contribution in [0, 0.1) is 0 Å². The van der Waals surface area contributed by atoms with Crippen molar-refractivity contribution in [1.29, 1.82) is 0 Å². The third-order valence-electron chi connectivity index (χ3n) is 17.8. The summed E-state index contributed by atoms with van der Waals surface area (Å²) in [6.07, 6.45) is 6.93. The van der Waals surface area contributed by atoms with Crippen LogP contribution < -0.4 is 0 Å². The molecule has 114 heavy (non-hydrogen) atoms. The van der Waals surface area contributed by atoms with E-state index < -0.39 is 11.9 Å². The standard InChI is InChI=1S/2C42H38N4O2.2C2H4O2.2CH4.2Mn.6H2O/c2*1-41(2,3)27-21-29(33-11-7-9-19-43-33)39(47)31(23-27)35-17-15-25-13-14-26-16-18-36(46-38(26)37(25)45-35)32-24-28(42(4,5)6)22-30(40(32)48)34-12-8-10-20-44-34;2*1-2(3)4;;;;;;;;;;/h2*7-24,47-48H,1-6H3;2*1H3,(H,3,4);2*1H4;;;6*1H2. The Hall–Kier alpha value is -11.5. The molecular formula is C90H104Mn2N8O14. The molecular weight excluding hydrogens is 1530 g/mol. The summed E-state index contributed by atoms with van der Waals surface area (Å²) < 4.78 is 0. The van der Waals surface area contributed by atoms with Crippen LogP contribution in [0.25, 0.3) is 134 Å². The number of carbonyl (C=O) groups is 2. The molecule has 0 fully saturated rings. The summed E-state index contributed by atoms with van der Waals surface area (Å²) in [6, 6.07) is 62.9. The predicted octanol–water partition coefficient (Wildman–Crippen LogP) is 17.0. The molecule has 2 radical (unpaired) electrons. The number of aromatic nitrogens is 8. The second-order valence-electron chi connectivity index (χ2n) is 29.8. The zero-order chi connectivity index (χ0) is 74.7. The maximum atomic E-state index is 11.7. The fourth-order valence-corrected chi connectivity index (χ4v) is 12.1. The van der Waals surface area contributed by atoms with E-state index in [9.17, 15) is 20.4 Å². The molecule has 602 valence electrons. The largest absolute Gasteiger partial charge is 0.507 e. The van der Waals surface area contributed by atoms with Crippen LogP contribution in [-0.2, 0) is 65.4 Å². The third kappa shape index (κ3) is 22.5. The fourth-order valence-electron chi connectivity index (χ4n) is 12.1. The molecule has 0 bridgehead atoms. The van der Waals surface area contributed by atoms with Gasteiger partial charge in [0.05, 0.1) is 67.6 Å². The Kier molecular flexibility index (Phi) is 36.0. The number of aliphatic carboxylic acids is 2. The number of benzene rings is 6. The van der Waals surface area contributed by atoms with Gasteiger partial charge in [-0.05, 0) is 165 Å². The van der Waals surface area contributed by atoms with Crippen LogP contribution in [0.2, 0.25) is 0 Å². The van der Waals surface area contributed by atoms with Crippen LogP contribution in [0.4, 0.5) is 0 Å². The number of nitrogens with zero attached hydrogens (tertiary/aromatic N) is 8. The van der Waals surface area contributed by atoms with Gasteiger partial charge in [-0.1, -0.05) is 171 Å². The average molecular weight is 1630 g/mol. The summed E-state index contributed by atoms with van der Waals surface area (Å²) in [5.74, 6) is -1.14. The zero-order valence-electron chi connectivity index (χ0n) is 64.6. The number of aromatic hydroxyl groups is 4. The second kappa shape index (κ2) is 40.8. The van der Waals surface area contributed by atoms with Crippen LogP contribution in [0.5, 0.6) is 23.0 Å². The van der Waals surface area contributed by atoms with Crippen molar-refractivity contribution in [2.24, 2.45) is 0 Å². The van der Waals surface area contributed by atoms with Crippen molar-refractivity contribution in [3.63, 3.8) is 0 Å². The fraction of sp³-hybridized carbons (Fsp3) is 0.222. The summed E-state index contributed by atoms with van der Waals surface area (Å²) in [4.78, 5) is 56.8. The van der Waals surface area contributed by atoms with E-state index in [2.05, 4.69) is 103 Å². The smallest absolute Gasteiger partial charge is 0.300 e. The summed E-state index contributed by atoms with van der Waals surface area (Å²) in [5, 5.41) is 65.2. The molecule has 18 N–H and O–H groups in total. The molecule has 14 rings (SSSR count). The molecule has 0 spiro atoms. The number of carboxylic acids is 2. The maximum Gasteiger partial charge on any atom is 0.300 e. The molecule has 8 aromatic heterocycles. The number of phenolic OH excluding ortho intramolecular Hbond substituents is 4. The average Bonchev–Trinajstić information content (AvgIpc) is 0.757. The van der Waals surface area contributed by atoms with Crippen LogP contribution >= 0.6 is 0 Å². The van der Waals surface area contributed by atoms with Crippen molar-refractivity contribution in [3.05, 3.63) is 241 Å². The zero-order valence-corrected chi connectivity index (χ0v) is 67.0. The Morgan fingerprint density at radius 1 is 0.263 bits per heavy atom. The first-order chi connectivity index (χ1) is 49.2. The van der Waals surface area contributed by atoms with E-state index in [1.165, 1.54) is 0 Å². The summed E-state index contributed by atoms with van der Waals surface area (Å²) in [5.41, 5.74) is 16.9. The molecule has 0 aliphatic rings. The molecule has 8 heterocycles. The van der Waals surface area contributed by atoms with Crippen molar-refractivity contribution >= 4 is 55.6 Å². The maximum absolute atomic E-state index is 11.7. The minimum Gasteiger partial charge on any atom is -0.507 e. The van der Waals surface area contributed by atoms with Gasteiger partial charge in [0.25, 0.3) is 11.9 Å². The van der Waals surface area contributed by atoms with Gasteiger partial charge in [-0.3, -0.25) is 29.5 Å². The number of rotatable bonds is 8. The second-order valence-corrected chi connectivity index (χ2v) is 29.8. The van der Waals surface area contributed by atoms with Crippen molar-refractivity contribution in [1.82, 2.24) is 39.9 Å². The third-order valence-corrected chi connectivity index (χ3v) is 17.8. The first-order valence-corrected chi connectivity index (χ1v) is 34.2. The van der Waals surface area contributed by atoms with E-state index in [-0.39, 0.29) is 127 Å². The molecule has 0 unspecified atom stereocenters. The number of phenols is 4. The van der Waals surface area contributed by atoms with Gasteiger partial charge < -0.3 is 63.5 Å². The number of carboxylic acid groups (broad SMARTS) is 2. The first kappa shape index (κ1) is 101. The molecule has 22 nitrogen and oxygen atoms in total. The van der Waals surface area contributed by atoms with Crippen LogP contribution in [0.1, 0.15) is 134 Å². The van der Waals surface area contributed by atoms with Gasteiger partial charge in [0, 0.05) is 139 Å². The molecule has 0 saturated heterocycles. The minimum absolute atomic E-state index is 0. The number of hydrogen-bond acceptors (Lipinski definition) is 14. The molecule has 14 aromatic rings. The monoisotopic (exact) mass is 1630 g/mol. The number of hydrogen-bond donors (Lipinski definition) is 6. The topological polar surface area (TPSA) is 448 Å². The Morgan fingerprint density at radius 2 is 0.412 bits per heavy atom. The Balaban J connectivity index is 0.000000964. The van der Waals surface area contributed by atoms with Gasteiger partial charge in [0.15, 0.2) is 0 Å². The van der Waals surface area contributed by atoms with Gasteiger partial charge in [-0.25, -0.2) is 19.9 Å². The van der Waals surface area contributed by atoms with E-state index >= 15 is 0 Å². The Bertz CT molecular complexity index is 4900. The predicted molar refractivity (Wildman–Crippen MR) is 452 cm³/mol. The Morgan fingerprint density at radius 3 is 0.553 bits per heavy atom. The van der Waals surface area contributed by atoms with Gasteiger partial charge in [0.1, 0.15) is 23.0 Å². The van der Waals surface area contributed by atoms with E-state index in [4.69, 9.17) is 39.7 Å². The molecule has 0 aliphatic heterocycles. The molecule has 6 aromatic carbocycles. The minimum atomic E-state index is -0.833. The van der Waals surface area contributed by atoms with Gasteiger partial charge >= 0.3 is 0 Å². The number of pyridine rings is 8. The van der Waals surface area contributed by atoms with Gasteiger partial charge in [-0.15, -0.1) is 0 Å². The first-order valence-electron chi connectivity index (χ1n) is 34.2. The molecule has 0 aliphatic carbocycles. The molecule has 24 heteroatoms. The van der Waals surface area contributed by atoms with E-state index in [1.54, 1.807) is 24.8 Å². The molecule has 0 atom stereocenters. The molecule has 0 saturated carbocycles. The van der Waals surface area contributed by atoms with Crippen molar-refractivity contribution < 1.29 is 107 Å². The summed E-state index contributed by atoms with van der Waals surface area (Å²) in [6.45, 7) is 28.0. The van der Waals surface area contributed by atoms with Crippen LogP contribution in [0.15, 0.2) is 219 Å². The van der Waals surface area contributed by atoms with Crippen molar-refractivity contribution in [2.45, 2.75) is 133 Å². The van der Waals surface area contributed by atoms with Crippen LogP contribution in [0.3, 0.4) is 0 Å². The normalized spacial score (nSPS) is 10.6. The van der Waals surface area contributed by atoms with E-state index in [0.29, 0.717) is 112 Å². The quantitative estimate of drug-likeness (QED) is 0.0608. The Labute approximate surface area is 686 Å². The van der Waals surface area contributed by atoms with Crippen molar-refractivity contribution in [2.75, 3.05) is 0 Å². The number of fused-ring (bicyclic) bond motifs is 6. The summed E-state index contributed by atoms with van der Waals surface area (Å²) in [7, 11) is 0. The van der Waals surface area contributed by atoms with E-state index in [0.717, 1.165) is 57.6 Å². The van der Waals surface area contributed by atoms with Gasteiger partial charge in [-0.2, -0.15) is 0 Å². The SMILES string of the molecule is C.C.CC(=O)O.CC(=O)O.CC(C)(C)c1cc(-c2ccccn2)c(O)c(-c2ccc3ccc4ccc(-c5cc(C(C)(C)C)cc(-c6ccccn6)c5O)nc4c3n2)c1.CC(C)(C)c1cc(-c2ccccn2)c(O)c(-c2ccc3ccc4ccc(-c5cc(C(C)(C)C)cc(-c6ccccn6)c5O)nc4c3n2)c1.O.O.O.O.O.O.[Mn].[Mn]. The van der Waals surface area contributed by atoms with E-state index in [1.807, 2.05) is 194 Å². The van der Waals surface area contributed by atoms with Crippen molar-refractivity contribution in [3.8, 4) is 113 Å². The van der Waals surface area contributed by atoms with Gasteiger partial charge in [0.2, 0.25) is 0 Å².